The highest BCUT2D eigenvalue weighted by Crippen LogP contribution is 2.29. The molecule has 134 valence electrons. The summed E-state index contributed by atoms with van der Waals surface area (Å²) in [6.45, 7) is 2.44. The van der Waals surface area contributed by atoms with Gasteiger partial charge in [-0.1, -0.05) is 59.5 Å². The SMILES string of the molecule is CC(Sc1nnc(NCc2ccccc2)s1)C(=O)Nc1cccc(F)c1. The fourth-order valence-corrected chi connectivity index (χ4v) is 4.01. The monoisotopic (exact) mass is 388 g/mol. The van der Waals surface area contributed by atoms with Crippen molar-refractivity contribution >= 4 is 39.8 Å². The summed E-state index contributed by atoms with van der Waals surface area (Å²) < 4.78 is 13.9. The van der Waals surface area contributed by atoms with Crippen molar-refractivity contribution in [2.45, 2.75) is 23.1 Å². The van der Waals surface area contributed by atoms with E-state index < -0.39 is 0 Å². The van der Waals surface area contributed by atoms with Crippen LogP contribution in [0.1, 0.15) is 12.5 Å². The number of carbonyl (C=O) groups excluding carboxylic acids is 1. The second-order valence-electron chi connectivity index (χ2n) is 5.47. The Hall–Kier alpha value is -2.45. The molecule has 0 radical (unpaired) electrons. The number of aromatic nitrogens is 2. The summed E-state index contributed by atoms with van der Waals surface area (Å²) in [5.41, 5.74) is 1.59. The Kier molecular flexibility index (Phi) is 6.19. The maximum Gasteiger partial charge on any atom is 0.237 e. The number of rotatable bonds is 7. The second kappa shape index (κ2) is 8.77. The predicted molar refractivity (Wildman–Crippen MR) is 104 cm³/mol. The Morgan fingerprint density at radius 1 is 1.19 bits per heavy atom. The van der Waals surface area contributed by atoms with Crippen LogP contribution in [-0.4, -0.2) is 21.4 Å². The molecule has 3 aromatic rings. The van der Waals surface area contributed by atoms with Crippen LogP contribution in [0.15, 0.2) is 58.9 Å². The van der Waals surface area contributed by atoms with Crippen molar-refractivity contribution in [3.05, 3.63) is 66.0 Å². The van der Waals surface area contributed by atoms with E-state index in [4.69, 9.17) is 0 Å². The van der Waals surface area contributed by atoms with Crippen molar-refractivity contribution in [3.8, 4) is 0 Å². The van der Waals surface area contributed by atoms with Crippen molar-refractivity contribution in [3.63, 3.8) is 0 Å². The van der Waals surface area contributed by atoms with Crippen LogP contribution in [0.3, 0.4) is 0 Å². The number of hydrogen-bond acceptors (Lipinski definition) is 6. The number of nitrogens with zero attached hydrogens (tertiary/aromatic N) is 2. The zero-order valence-electron chi connectivity index (χ0n) is 14.0. The third kappa shape index (κ3) is 5.27. The fourth-order valence-electron chi connectivity index (χ4n) is 2.12. The Balaban J connectivity index is 1.52. The number of nitrogens with one attached hydrogen (secondary N) is 2. The number of benzene rings is 2. The summed E-state index contributed by atoms with van der Waals surface area (Å²) in [4.78, 5) is 12.2. The molecular formula is C18H17FN4OS2. The van der Waals surface area contributed by atoms with Gasteiger partial charge in [-0.05, 0) is 30.7 Å². The highest BCUT2D eigenvalue weighted by Gasteiger charge is 2.17. The third-order valence-corrected chi connectivity index (χ3v) is 5.50. The molecule has 26 heavy (non-hydrogen) atoms. The van der Waals surface area contributed by atoms with E-state index in [-0.39, 0.29) is 17.0 Å². The van der Waals surface area contributed by atoms with E-state index in [0.717, 1.165) is 5.56 Å². The summed E-state index contributed by atoms with van der Waals surface area (Å²) >= 11 is 2.71. The molecule has 0 aliphatic carbocycles. The van der Waals surface area contributed by atoms with E-state index >= 15 is 0 Å². The summed E-state index contributed by atoms with van der Waals surface area (Å²) in [6, 6.07) is 15.8. The molecule has 3 rings (SSSR count). The number of amides is 1. The van der Waals surface area contributed by atoms with Crippen molar-refractivity contribution in [2.75, 3.05) is 10.6 Å². The summed E-state index contributed by atoms with van der Waals surface area (Å²) in [6.07, 6.45) is 0. The third-order valence-electron chi connectivity index (χ3n) is 3.43. The molecule has 0 bridgehead atoms. The molecule has 0 saturated heterocycles. The lowest BCUT2D eigenvalue weighted by atomic mass is 10.2. The van der Waals surface area contributed by atoms with E-state index in [0.29, 0.717) is 21.7 Å². The van der Waals surface area contributed by atoms with Crippen molar-refractivity contribution in [1.82, 2.24) is 10.2 Å². The van der Waals surface area contributed by atoms with Gasteiger partial charge in [-0.25, -0.2) is 4.39 Å². The number of anilines is 2. The molecule has 0 aliphatic heterocycles. The maximum atomic E-state index is 13.2. The molecule has 1 heterocycles. The first-order valence-electron chi connectivity index (χ1n) is 7.94. The average Bonchev–Trinajstić information content (AvgIpc) is 3.08. The minimum Gasteiger partial charge on any atom is -0.356 e. The number of hydrogen-bond donors (Lipinski definition) is 2. The first kappa shape index (κ1) is 18.3. The summed E-state index contributed by atoms with van der Waals surface area (Å²) in [7, 11) is 0. The number of thioether (sulfide) groups is 1. The van der Waals surface area contributed by atoms with Gasteiger partial charge in [-0.3, -0.25) is 4.79 Å². The van der Waals surface area contributed by atoms with Gasteiger partial charge in [-0.2, -0.15) is 0 Å². The van der Waals surface area contributed by atoms with Gasteiger partial charge in [0, 0.05) is 12.2 Å². The van der Waals surface area contributed by atoms with E-state index in [1.165, 1.54) is 35.2 Å². The van der Waals surface area contributed by atoms with Gasteiger partial charge < -0.3 is 10.6 Å². The van der Waals surface area contributed by atoms with Crippen LogP contribution < -0.4 is 10.6 Å². The Labute approximate surface area is 159 Å². The summed E-state index contributed by atoms with van der Waals surface area (Å²) in [5, 5.41) is 14.4. The van der Waals surface area contributed by atoms with Gasteiger partial charge >= 0.3 is 0 Å². The molecule has 2 N–H and O–H groups in total. The molecule has 5 nitrogen and oxygen atoms in total. The second-order valence-corrected chi connectivity index (χ2v) is 8.04. The quantitative estimate of drug-likeness (QED) is 0.587. The zero-order chi connectivity index (χ0) is 18.4. The minimum absolute atomic E-state index is 0.213. The molecule has 0 saturated carbocycles. The first-order chi connectivity index (χ1) is 12.6. The van der Waals surface area contributed by atoms with Crippen LogP contribution in [0.2, 0.25) is 0 Å². The van der Waals surface area contributed by atoms with E-state index in [1.807, 2.05) is 30.3 Å². The van der Waals surface area contributed by atoms with Crippen LogP contribution in [0, 0.1) is 5.82 Å². The normalized spacial score (nSPS) is 11.8. The van der Waals surface area contributed by atoms with Gasteiger partial charge in [0.2, 0.25) is 11.0 Å². The van der Waals surface area contributed by atoms with E-state index in [2.05, 4.69) is 20.8 Å². The van der Waals surface area contributed by atoms with Crippen LogP contribution in [-0.2, 0) is 11.3 Å². The molecule has 1 amide bonds. The number of halogens is 1. The van der Waals surface area contributed by atoms with Crippen LogP contribution in [0.5, 0.6) is 0 Å². The molecule has 8 heteroatoms. The van der Waals surface area contributed by atoms with Gasteiger partial charge in [-0.15, -0.1) is 10.2 Å². The average molecular weight is 388 g/mol. The van der Waals surface area contributed by atoms with E-state index in [9.17, 15) is 9.18 Å². The standard InChI is InChI=1S/C18H17FN4OS2/c1-12(16(24)21-15-9-5-8-14(19)10-15)25-18-23-22-17(26-18)20-11-13-6-3-2-4-7-13/h2-10,12H,11H2,1H3,(H,20,22)(H,21,24). The Morgan fingerprint density at radius 3 is 2.77 bits per heavy atom. The topological polar surface area (TPSA) is 66.9 Å². The molecule has 2 aromatic carbocycles. The summed E-state index contributed by atoms with van der Waals surface area (Å²) in [5.74, 6) is -0.601. The smallest absolute Gasteiger partial charge is 0.237 e. The molecule has 0 aliphatic rings. The van der Waals surface area contributed by atoms with Crippen LogP contribution in [0.25, 0.3) is 0 Å². The molecule has 0 spiro atoms. The van der Waals surface area contributed by atoms with Crippen molar-refractivity contribution in [1.29, 1.82) is 0 Å². The van der Waals surface area contributed by atoms with Crippen LogP contribution in [0.4, 0.5) is 15.2 Å². The largest absolute Gasteiger partial charge is 0.356 e. The number of carbonyl (C=O) groups is 1. The predicted octanol–water partition coefficient (Wildman–Crippen LogP) is 4.41. The molecule has 0 fully saturated rings. The zero-order valence-corrected chi connectivity index (χ0v) is 15.6. The Morgan fingerprint density at radius 2 is 2.00 bits per heavy atom. The molecule has 1 unspecified atom stereocenters. The highest BCUT2D eigenvalue weighted by atomic mass is 32.2. The Bertz CT molecular complexity index is 872. The molecule has 1 aromatic heterocycles. The van der Waals surface area contributed by atoms with Gasteiger partial charge in [0.1, 0.15) is 5.82 Å². The van der Waals surface area contributed by atoms with E-state index in [1.54, 1.807) is 19.1 Å². The van der Waals surface area contributed by atoms with Crippen LogP contribution >= 0.6 is 23.1 Å². The van der Waals surface area contributed by atoms with Gasteiger partial charge in [0.15, 0.2) is 4.34 Å². The van der Waals surface area contributed by atoms with Gasteiger partial charge in [0.05, 0.1) is 5.25 Å². The fraction of sp³-hybridized carbons (Fsp3) is 0.167. The van der Waals surface area contributed by atoms with Gasteiger partial charge in [0.25, 0.3) is 0 Å². The minimum atomic E-state index is -0.388. The van der Waals surface area contributed by atoms with Crippen molar-refractivity contribution < 1.29 is 9.18 Å². The van der Waals surface area contributed by atoms with Crippen molar-refractivity contribution in [2.24, 2.45) is 0 Å². The molecular weight excluding hydrogens is 371 g/mol. The lowest BCUT2D eigenvalue weighted by molar-refractivity contribution is -0.115. The maximum absolute atomic E-state index is 13.2. The first-order valence-corrected chi connectivity index (χ1v) is 9.64. The molecule has 1 atom stereocenters. The lowest BCUT2D eigenvalue weighted by Crippen LogP contribution is -2.22. The lowest BCUT2D eigenvalue weighted by Gasteiger charge is -2.10. The highest BCUT2D eigenvalue weighted by molar-refractivity contribution is 8.02.